The molecule has 0 aromatic heterocycles. The van der Waals surface area contributed by atoms with E-state index in [1.54, 1.807) is 0 Å². The third-order valence-electron chi connectivity index (χ3n) is 3.33. The van der Waals surface area contributed by atoms with Crippen molar-refractivity contribution < 1.29 is 14.3 Å². The molecule has 0 aliphatic carbocycles. The van der Waals surface area contributed by atoms with Gasteiger partial charge in [-0.2, -0.15) is 0 Å². The minimum Gasteiger partial charge on any atom is -0.379 e. The van der Waals surface area contributed by atoms with Crippen LogP contribution in [0.4, 0.5) is 0 Å². The molecule has 0 bridgehead atoms. The van der Waals surface area contributed by atoms with E-state index in [0.29, 0.717) is 19.8 Å². The molecule has 0 saturated carbocycles. The van der Waals surface area contributed by atoms with Gasteiger partial charge in [0.25, 0.3) is 0 Å². The van der Waals surface area contributed by atoms with Gasteiger partial charge < -0.3 is 20.1 Å². The molecule has 0 spiro atoms. The van der Waals surface area contributed by atoms with Gasteiger partial charge in [-0.3, -0.25) is 4.79 Å². The summed E-state index contributed by atoms with van der Waals surface area (Å²) in [6, 6.07) is 0. The third kappa shape index (κ3) is 6.33. The molecular formula is C13H26N2O3. The lowest BCUT2D eigenvalue weighted by molar-refractivity contribution is -0.126. The number of piperidine rings is 1. The van der Waals surface area contributed by atoms with Crippen molar-refractivity contribution in [2.75, 3.05) is 46.1 Å². The van der Waals surface area contributed by atoms with Crippen molar-refractivity contribution in [3.05, 3.63) is 0 Å². The maximum atomic E-state index is 11.6. The minimum atomic E-state index is -0.0359. The molecule has 5 heteroatoms. The molecule has 0 radical (unpaired) electrons. The summed E-state index contributed by atoms with van der Waals surface area (Å²) in [7, 11) is 0. The summed E-state index contributed by atoms with van der Waals surface area (Å²) in [6.07, 6.45) is 2.22. The van der Waals surface area contributed by atoms with Crippen LogP contribution < -0.4 is 10.6 Å². The van der Waals surface area contributed by atoms with Crippen molar-refractivity contribution >= 4 is 5.91 Å². The lowest BCUT2D eigenvalue weighted by Gasteiger charge is -2.34. The maximum absolute atomic E-state index is 11.6. The van der Waals surface area contributed by atoms with Gasteiger partial charge in [0.05, 0.1) is 13.2 Å². The first-order valence-corrected chi connectivity index (χ1v) is 6.79. The molecule has 1 fully saturated rings. The Bertz CT molecular complexity index is 240. The molecule has 1 rings (SSSR count). The maximum Gasteiger partial charge on any atom is 0.246 e. The van der Waals surface area contributed by atoms with Crippen molar-refractivity contribution in [2.45, 2.75) is 26.7 Å². The predicted molar refractivity (Wildman–Crippen MR) is 70.5 cm³/mol. The zero-order valence-corrected chi connectivity index (χ0v) is 11.6. The molecule has 1 aliphatic rings. The molecule has 5 nitrogen and oxygen atoms in total. The van der Waals surface area contributed by atoms with E-state index in [1.807, 2.05) is 6.92 Å². The van der Waals surface area contributed by atoms with Crippen molar-refractivity contribution in [3.63, 3.8) is 0 Å². The summed E-state index contributed by atoms with van der Waals surface area (Å²) < 4.78 is 10.3. The molecule has 0 aromatic rings. The summed E-state index contributed by atoms with van der Waals surface area (Å²) >= 11 is 0. The molecule has 1 saturated heterocycles. The SMILES string of the molecule is CCOCCOCC(=O)NCC1(C)CCNCC1. The minimum absolute atomic E-state index is 0.0359. The van der Waals surface area contributed by atoms with Crippen LogP contribution in [0.1, 0.15) is 26.7 Å². The van der Waals surface area contributed by atoms with E-state index in [2.05, 4.69) is 17.6 Å². The van der Waals surface area contributed by atoms with Crippen LogP contribution in [0.5, 0.6) is 0 Å². The first kappa shape index (κ1) is 15.4. The fourth-order valence-electron chi connectivity index (χ4n) is 2.00. The number of amides is 1. The molecule has 1 heterocycles. The molecule has 2 N–H and O–H groups in total. The van der Waals surface area contributed by atoms with Crippen LogP contribution in [0, 0.1) is 5.41 Å². The van der Waals surface area contributed by atoms with E-state index in [4.69, 9.17) is 9.47 Å². The Morgan fingerprint density at radius 3 is 2.61 bits per heavy atom. The van der Waals surface area contributed by atoms with Crippen molar-refractivity contribution in [1.29, 1.82) is 0 Å². The monoisotopic (exact) mass is 258 g/mol. The fraction of sp³-hybridized carbons (Fsp3) is 0.923. The first-order chi connectivity index (χ1) is 8.66. The van der Waals surface area contributed by atoms with Crippen LogP contribution >= 0.6 is 0 Å². The number of hydrogen-bond acceptors (Lipinski definition) is 4. The Hall–Kier alpha value is -0.650. The Kier molecular flexibility index (Phi) is 7.23. The summed E-state index contributed by atoms with van der Waals surface area (Å²) in [5.74, 6) is -0.0359. The first-order valence-electron chi connectivity index (χ1n) is 6.79. The van der Waals surface area contributed by atoms with Crippen molar-refractivity contribution in [2.24, 2.45) is 5.41 Å². The van der Waals surface area contributed by atoms with E-state index in [9.17, 15) is 4.79 Å². The summed E-state index contributed by atoms with van der Waals surface area (Å²) in [5.41, 5.74) is 0.228. The Morgan fingerprint density at radius 1 is 1.28 bits per heavy atom. The highest BCUT2D eigenvalue weighted by Gasteiger charge is 2.26. The number of carbonyl (C=O) groups is 1. The fourth-order valence-corrected chi connectivity index (χ4v) is 2.00. The van der Waals surface area contributed by atoms with Gasteiger partial charge in [0.15, 0.2) is 0 Å². The number of hydrogen-bond donors (Lipinski definition) is 2. The van der Waals surface area contributed by atoms with E-state index in [0.717, 1.165) is 32.5 Å². The lowest BCUT2D eigenvalue weighted by atomic mass is 9.81. The standard InChI is InChI=1S/C13H26N2O3/c1-3-17-8-9-18-10-12(16)15-11-13(2)4-6-14-7-5-13/h14H,3-11H2,1-2H3,(H,15,16). The van der Waals surface area contributed by atoms with Crippen molar-refractivity contribution in [1.82, 2.24) is 10.6 Å². The van der Waals surface area contributed by atoms with Gasteiger partial charge in [0.1, 0.15) is 6.61 Å². The van der Waals surface area contributed by atoms with E-state index in [-0.39, 0.29) is 17.9 Å². The lowest BCUT2D eigenvalue weighted by Crippen LogP contribution is -2.43. The van der Waals surface area contributed by atoms with Gasteiger partial charge in [-0.25, -0.2) is 0 Å². The predicted octanol–water partition coefficient (Wildman–Crippen LogP) is 0.545. The highest BCUT2D eigenvalue weighted by atomic mass is 16.5. The molecule has 0 atom stereocenters. The smallest absolute Gasteiger partial charge is 0.246 e. The number of ether oxygens (including phenoxy) is 2. The highest BCUT2D eigenvalue weighted by Crippen LogP contribution is 2.26. The Balaban J connectivity index is 2.05. The quantitative estimate of drug-likeness (QED) is 0.624. The van der Waals surface area contributed by atoms with E-state index < -0.39 is 0 Å². The molecule has 106 valence electrons. The highest BCUT2D eigenvalue weighted by molar-refractivity contribution is 5.77. The van der Waals surface area contributed by atoms with Gasteiger partial charge in [-0.05, 0) is 38.3 Å². The number of carbonyl (C=O) groups excluding carboxylic acids is 1. The molecule has 1 amide bonds. The largest absolute Gasteiger partial charge is 0.379 e. The number of nitrogens with one attached hydrogen (secondary N) is 2. The summed E-state index contributed by atoms with van der Waals surface area (Å²) in [4.78, 5) is 11.6. The number of rotatable bonds is 8. The molecule has 0 aromatic carbocycles. The van der Waals surface area contributed by atoms with Gasteiger partial charge >= 0.3 is 0 Å². The van der Waals surface area contributed by atoms with Crippen LogP contribution in [0.15, 0.2) is 0 Å². The zero-order valence-electron chi connectivity index (χ0n) is 11.6. The Morgan fingerprint density at radius 2 is 1.94 bits per heavy atom. The third-order valence-corrected chi connectivity index (χ3v) is 3.33. The van der Waals surface area contributed by atoms with Gasteiger partial charge in [0.2, 0.25) is 5.91 Å². The topological polar surface area (TPSA) is 59.6 Å². The molecular weight excluding hydrogens is 232 g/mol. The van der Waals surface area contributed by atoms with Crippen molar-refractivity contribution in [3.8, 4) is 0 Å². The summed E-state index contributed by atoms with van der Waals surface area (Å²) in [6.45, 7) is 8.81. The normalized spacial score (nSPS) is 18.6. The second-order valence-corrected chi connectivity index (χ2v) is 5.09. The van der Waals surface area contributed by atoms with Gasteiger partial charge in [-0.15, -0.1) is 0 Å². The van der Waals surface area contributed by atoms with Crippen LogP contribution in [0.3, 0.4) is 0 Å². The molecule has 0 unspecified atom stereocenters. The second-order valence-electron chi connectivity index (χ2n) is 5.09. The zero-order chi connectivity index (χ0) is 13.3. The second kappa shape index (κ2) is 8.45. The summed E-state index contributed by atoms with van der Waals surface area (Å²) in [5, 5.41) is 6.28. The molecule has 18 heavy (non-hydrogen) atoms. The van der Waals surface area contributed by atoms with Crippen LogP contribution in [-0.4, -0.2) is 52.0 Å². The van der Waals surface area contributed by atoms with E-state index >= 15 is 0 Å². The van der Waals surface area contributed by atoms with E-state index in [1.165, 1.54) is 0 Å². The van der Waals surface area contributed by atoms with Crippen LogP contribution in [-0.2, 0) is 14.3 Å². The van der Waals surface area contributed by atoms with Gasteiger partial charge in [-0.1, -0.05) is 6.92 Å². The Labute approximate surface area is 110 Å². The average Bonchev–Trinajstić information content (AvgIpc) is 2.37. The van der Waals surface area contributed by atoms with Gasteiger partial charge in [0, 0.05) is 13.2 Å². The molecule has 1 aliphatic heterocycles. The average molecular weight is 258 g/mol. The van der Waals surface area contributed by atoms with Crippen LogP contribution in [0.2, 0.25) is 0 Å². The van der Waals surface area contributed by atoms with Crippen LogP contribution in [0.25, 0.3) is 0 Å².